The normalized spacial score (nSPS) is 10.3. The molecule has 0 saturated carbocycles. The molecule has 0 fully saturated rings. The van der Waals surface area contributed by atoms with Crippen LogP contribution in [0.2, 0.25) is 0 Å². The van der Waals surface area contributed by atoms with Gasteiger partial charge < -0.3 is 5.32 Å². The van der Waals surface area contributed by atoms with Crippen molar-refractivity contribution in [2.45, 2.75) is 6.92 Å². The van der Waals surface area contributed by atoms with Gasteiger partial charge in [0.05, 0.1) is 5.69 Å². The van der Waals surface area contributed by atoms with E-state index in [1.165, 1.54) is 0 Å². The lowest BCUT2D eigenvalue weighted by Crippen LogP contribution is -2.13. The maximum absolute atomic E-state index is 12.2. The molecule has 0 aliphatic carbocycles. The summed E-state index contributed by atoms with van der Waals surface area (Å²) in [5, 5.41) is 7.18. The van der Waals surface area contributed by atoms with Crippen LogP contribution in [0.25, 0.3) is 5.69 Å². The number of rotatable bonds is 3. The molecule has 0 aliphatic rings. The number of aryl methyl sites for hydroxylation is 1. The number of hydrogen-bond acceptors (Lipinski definition) is 2. The summed E-state index contributed by atoms with van der Waals surface area (Å²) in [5.74, 6) is 0.388. The van der Waals surface area contributed by atoms with Crippen molar-refractivity contribution < 1.29 is 4.79 Å². The summed E-state index contributed by atoms with van der Waals surface area (Å²) >= 11 is 0. The maximum atomic E-state index is 12.2. The van der Waals surface area contributed by atoms with Gasteiger partial charge in [0.25, 0.3) is 5.91 Å². The number of benzene rings is 2. The highest BCUT2D eigenvalue weighted by Gasteiger charge is 2.10. The van der Waals surface area contributed by atoms with Gasteiger partial charge >= 0.3 is 0 Å². The molecule has 0 spiro atoms. The Labute approximate surface area is 123 Å². The van der Waals surface area contributed by atoms with Gasteiger partial charge in [-0.15, -0.1) is 0 Å². The molecule has 4 heteroatoms. The van der Waals surface area contributed by atoms with Crippen LogP contribution in [-0.4, -0.2) is 15.7 Å². The molecular weight excluding hydrogens is 262 g/mol. The Morgan fingerprint density at radius 1 is 1.00 bits per heavy atom. The van der Waals surface area contributed by atoms with E-state index in [9.17, 15) is 4.79 Å². The number of carbonyl (C=O) groups excluding carboxylic acids is 1. The van der Waals surface area contributed by atoms with Crippen LogP contribution in [0.1, 0.15) is 15.9 Å². The molecular formula is C17H15N3O. The van der Waals surface area contributed by atoms with E-state index in [1.807, 2.05) is 61.7 Å². The molecule has 3 rings (SSSR count). The fourth-order valence-electron chi connectivity index (χ4n) is 2.13. The minimum absolute atomic E-state index is 0.147. The summed E-state index contributed by atoms with van der Waals surface area (Å²) in [4.78, 5) is 12.2. The Balaban J connectivity index is 1.79. The average molecular weight is 277 g/mol. The predicted octanol–water partition coefficient (Wildman–Crippen LogP) is 3.43. The topological polar surface area (TPSA) is 46.9 Å². The van der Waals surface area contributed by atoms with Crippen LogP contribution in [0.4, 0.5) is 5.82 Å². The van der Waals surface area contributed by atoms with Crippen molar-refractivity contribution in [2.24, 2.45) is 0 Å². The van der Waals surface area contributed by atoms with E-state index in [2.05, 4.69) is 10.4 Å². The zero-order valence-electron chi connectivity index (χ0n) is 11.7. The fourth-order valence-corrected chi connectivity index (χ4v) is 2.13. The van der Waals surface area contributed by atoms with Crippen LogP contribution in [-0.2, 0) is 0 Å². The summed E-state index contributed by atoms with van der Waals surface area (Å²) in [6.07, 6.45) is 1.82. The molecule has 104 valence electrons. The van der Waals surface area contributed by atoms with Gasteiger partial charge in [0.1, 0.15) is 0 Å². The molecule has 1 amide bonds. The van der Waals surface area contributed by atoms with Gasteiger partial charge in [-0.1, -0.05) is 36.4 Å². The first-order chi connectivity index (χ1) is 10.2. The third-order valence-electron chi connectivity index (χ3n) is 3.24. The SMILES string of the molecule is Cc1ccccc1C(=O)Nc1ccn(-c2ccccc2)n1. The highest BCUT2D eigenvalue weighted by Crippen LogP contribution is 2.13. The van der Waals surface area contributed by atoms with Crippen molar-refractivity contribution in [3.05, 3.63) is 78.0 Å². The number of hydrogen-bond donors (Lipinski definition) is 1. The minimum atomic E-state index is -0.147. The summed E-state index contributed by atoms with van der Waals surface area (Å²) < 4.78 is 1.73. The highest BCUT2D eigenvalue weighted by molar-refractivity contribution is 6.04. The van der Waals surface area contributed by atoms with Crippen LogP contribution in [0.3, 0.4) is 0 Å². The van der Waals surface area contributed by atoms with Crippen molar-refractivity contribution in [1.82, 2.24) is 9.78 Å². The Bertz CT molecular complexity index is 762. The lowest BCUT2D eigenvalue weighted by atomic mass is 10.1. The Hall–Kier alpha value is -2.88. The molecule has 1 aromatic heterocycles. The quantitative estimate of drug-likeness (QED) is 0.797. The zero-order valence-corrected chi connectivity index (χ0v) is 11.7. The number of amides is 1. The van der Waals surface area contributed by atoms with Gasteiger partial charge in [-0.05, 0) is 30.7 Å². The second kappa shape index (κ2) is 5.63. The average Bonchev–Trinajstić information content (AvgIpc) is 2.97. The second-order valence-corrected chi connectivity index (χ2v) is 4.75. The monoisotopic (exact) mass is 277 g/mol. The molecule has 1 N–H and O–H groups in total. The Morgan fingerprint density at radius 2 is 1.71 bits per heavy atom. The first kappa shape index (κ1) is 13.1. The first-order valence-corrected chi connectivity index (χ1v) is 6.72. The van der Waals surface area contributed by atoms with E-state index < -0.39 is 0 Å². The number of nitrogens with one attached hydrogen (secondary N) is 1. The fraction of sp³-hybridized carbons (Fsp3) is 0.0588. The van der Waals surface area contributed by atoms with Crippen molar-refractivity contribution in [3.8, 4) is 5.69 Å². The van der Waals surface area contributed by atoms with Gasteiger partial charge in [-0.2, -0.15) is 5.10 Å². The second-order valence-electron chi connectivity index (χ2n) is 4.75. The molecule has 2 aromatic carbocycles. The summed E-state index contributed by atoms with van der Waals surface area (Å²) in [7, 11) is 0. The molecule has 1 heterocycles. The summed E-state index contributed by atoms with van der Waals surface area (Å²) in [6.45, 7) is 1.91. The highest BCUT2D eigenvalue weighted by atomic mass is 16.1. The molecule has 0 bridgehead atoms. The van der Waals surface area contributed by atoms with Crippen LogP contribution in [0.15, 0.2) is 66.9 Å². The van der Waals surface area contributed by atoms with E-state index in [-0.39, 0.29) is 5.91 Å². The number of para-hydroxylation sites is 1. The number of nitrogens with zero attached hydrogens (tertiary/aromatic N) is 2. The van der Waals surface area contributed by atoms with Crippen LogP contribution in [0.5, 0.6) is 0 Å². The van der Waals surface area contributed by atoms with E-state index in [1.54, 1.807) is 16.8 Å². The van der Waals surface area contributed by atoms with Crippen molar-refractivity contribution >= 4 is 11.7 Å². The van der Waals surface area contributed by atoms with Gasteiger partial charge in [-0.3, -0.25) is 4.79 Å². The lowest BCUT2D eigenvalue weighted by molar-refractivity contribution is 0.102. The molecule has 0 radical (unpaired) electrons. The summed E-state index contributed by atoms with van der Waals surface area (Å²) in [6, 6.07) is 19.0. The smallest absolute Gasteiger partial charge is 0.257 e. The van der Waals surface area contributed by atoms with Gasteiger partial charge in [0.15, 0.2) is 5.82 Å². The van der Waals surface area contributed by atoms with Gasteiger partial charge in [-0.25, -0.2) is 4.68 Å². The standard InChI is InChI=1S/C17H15N3O/c1-13-7-5-6-10-15(13)17(21)18-16-11-12-20(19-16)14-8-3-2-4-9-14/h2-12H,1H3,(H,18,19,21). The zero-order chi connectivity index (χ0) is 14.7. The number of aromatic nitrogens is 2. The third kappa shape index (κ3) is 2.84. The molecule has 0 saturated heterocycles. The van der Waals surface area contributed by atoms with E-state index in [0.717, 1.165) is 11.3 Å². The third-order valence-corrected chi connectivity index (χ3v) is 3.24. The Kier molecular flexibility index (Phi) is 3.51. The molecule has 4 nitrogen and oxygen atoms in total. The van der Waals surface area contributed by atoms with Crippen LogP contribution >= 0.6 is 0 Å². The lowest BCUT2D eigenvalue weighted by Gasteiger charge is -2.05. The van der Waals surface area contributed by atoms with Crippen molar-refractivity contribution in [2.75, 3.05) is 5.32 Å². The van der Waals surface area contributed by atoms with Gasteiger partial charge in [0, 0.05) is 17.8 Å². The predicted molar refractivity (Wildman–Crippen MR) is 82.7 cm³/mol. The molecule has 0 unspecified atom stereocenters. The maximum Gasteiger partial charge on any atom is 0.257 e. The minimum Gasteiger partial charge on any atom is -0.305 e. The number of anilines is 1. The molecule has 0 aliphatic heterocycles. The largest absolute Gasteiger partial charge is 0.305 e. The Morgan fingerprint density at radius 3 is 2.48 bits per heavy atom. The summed E-state index contributed by atoms with van der Waals surface area (Å²) in [5.41, 5.74) is 2.55. The molecule has 21 heavy (non-hydrogen) atoms. The van der Waals surface area contributed by atoms with E-state index in [4.69, 9.17) is 0 Å². The van der Waals surface area contributed by atoms with E-state index >= 15 is 0 Å². The molecule has 0 atom stereocenters. The van der Waals surface area contributed by atoms with Crippen LogP contribution < -0.4 is 5.32 Å². The number of carbonyl (C=O) groups is 1. The van der Waals surface area contributed by atoms with E-state index in [0.29, 0.717) is 11.4 Å². The van der Waals surface area contributed by atoms with Crippen molar-refractivity contribution in [3.63, 3.8) is 0 Å². The van der Waals surface area contributed by atoms with Crippen LogP contribution in [0, 0.1) is 6.92 Å². The first-order valence-electron chi connectivity index (χ1n) is 6.72. The van der Waals surface area contributed by atoms with Crippen molar-refractivity contribution in [1.29, 1.82) is 0 Å². The van der Waals surface area contributed by atoms with Gasteiger partial charge in [0.2, 0.25) is 0 Å². The molecule has 3 aromatic rings.